The summed E-state index contributed by atoms with van der Waals surface area (Å²) in [5.41, 5.74) is 0. The summed E-state index contributed by atoms with van der Waals surface area (Å²) in [6.07, 6.45) is 5.23. The zero-order chi connectivity index (χ0) is 16.6. The van der Waals surface area contributed by atoms with Crippen LogP contribution in [0.2, 0.25) is 0 Å². The summed E-state index contributed by atoms with van der Waals surface area (Å²) in [4.78, 5) is 26.3. The fourth-order valence-electron chi connectivity index (χ4n) is 4.11. The van der Waals surface area contributed by atoms with Crippen LogP contribution in [0.4, 0.5) is 0 Å². The number of nitrogens with one attached hydrogen (secondary N) is 1. The predicted octanol–water partition coefficient (Wildman–Crippen LogP) is 0.717. The highest BCUT2D eigenvalue weighted by Crippen LogP contribution is 2.28. The van der Waals surface area contributed by atoms with E-state index in [1.165, 1.54) is 6.42 Å². The molecule has 0 aromatic carbocycles. The van der Waals surface area contributed by atoms with Crippen LogP contribution >= 0.6 is 0 Å². The molecule has 130 valence electrons. The van der Waals surface area contributed by atoms with Crippen molar-refractivity contribution in [3.63, 3.8) is 0 Å². The van der Waals surface area contributed by atoms with Gasteiger partial charge >= 0.3 is 0 Å². The number of sulfone groups is 1. The van der Waals surface area contributed by atoms with Crippen molar-refractivity contribution in [3.05, 3.63) is 0 Å². The Morgan fingerprint density at radius 1 is 1.22 bits per heavy atom. The second-order valence-corrected chi connectivity index (χ2v) is 9.61. The summed E-state index contributed by atoms with van der Waals surface area (Å²) >= 11 is 0. The molecule has 0 spiro atoms. The lowest BCUT2D eigenvalue weighted by molar-refractivity contribution is -0.130. The van der Waals surface area contributed by atoms with Gasteiger partial charge in [0.15, 0.2) is 9.84 Å². The first-order valence-corrected chi connectivity index (χ1v) is 10.5. The lowest BCUT2D eigenvalue weighted by Gasteiger charge is -2.30. The van der Waals surface area contributed by atoms with Gasteiger partial charge in [0, 0.05) is 25.0 Å². The maximum atomic E-state index is 12.5. The number of amides is 2. The standard InChI is InChI=1S/C16H26N2O4S/c1-11-4-2-3-5-14(11)17-16(20)12-8-15(19)18(9-12)13-6-7-23(21,22)10-13/h11-14H,2-10H2,1H3,(H,17,20)/t11-,12-,13-,14+/m1/s1. The van der Waals surface area contributed by atoms with Gasteiger partial charge in [-0.25, -0.2) is 8.42 Å². The van der Waals surface area contributed by atoms with E-state index >= 15 is 0 Å². The number of hydrogen-bond acceptors (Lipinski definition) is 4. The Balaban J connectivity index is 1.57. The molecule has 3 aliphatic rings. The molecule has 0 unspecified atom stereocenters. The highest BCUT2D eigenvalue weighted by Gasteiger charge is 2.42. The van der Waals surface area contributed by atoms with Crippen LogP contribution in [-0.2, 0) is 19.4 Å². The molecule has 2 amide bonds. The molecule has 3 rings (SSSR count). The van der Waals surface area contributed by atoms with E-state index in [4.69, 9.17) is 0 Å². The highest BCUT2D eigenvalue weighted by atomic mass is 32.2. The van der Waals surface area contributed by atoms with Gasteiger partial charge in [-0.2, -0.15) is 0 Å². The minimum absolute atomic E-state index is 0.0412. The Bertz CT molecular complexity index is 589. The van der Waals surface area contributed by atoms with Crippen molar-refractivity contribution in [1.29, 1.82) is 0 Å². The SMILES string of the molecule is C[C@@H]1CCCC[C@@H]1NC(=O)[C@@H]1CC(=O)N([C@@H]2CCS(=O)(=O)C2)C1. The van der Waals surface area contributed by atoms with Gasteiger partial charge < -0.3 is 10.2 Å². The van der Waals surface area contributed by atoms with E-state index in [1.807, 2.05) is 0 Å². The molecule has 23 heavy (non-hydrogen) atoms. The fraction of sp³-hybridized carbons (Fsp3) is 0.875. The fourth-order valence-corrected chi connectivity index (χ4v) is 5.84. The average Bonchev–Trinajstić information content (AvgIpc) is 3.04. The quantitative estimate of drug-likeness (QED) is 0.819. The Morgan fingerprint density at radius 3 is 2.61 bits per heavy atom. The number of rotatable bonds is 3. The highest BCUT2D eigenvalue weighted by molar-refractivity contribution is 7.91. The molecule has 1 N–H and O–H groups in total. The van der Waals surface area contributed by atoms with E-state index in [0.29, 0.717) is 18.9 Å². The molecule has 0 radical (unpaired) electrons. The van der Waals surface area contributed by atoms with E-state index in [9.17, 15) is 18.0 Å². The number of carbonyl (C=O) groups excluding carboxylic acids is 2. The lowest BCUT2D eigenvalue weighted by atomic mass is 9.85. The van der Waals surface area contributed by atoms with Gasteiger partial charge in [-0.15, -0.1) is 0 Å². The molecule has 0 bridgehead atoms. The van der Waals surface area contributed by atoms with Crippen LogP contribution in [-0.4, -0.2) is 55.3 Å². The second kappa shape index (κ2) is 6.42. The maximum Gasteiger partial charge on any atom is 0.225 e. The average molecular weight is 342 g/mol. The van der Waals surface area contributed by atoms with Crippen LogP contribution in [0.3, 0.4) is 0 Å². The monoisotopic (exact) mass is 342 g/mol. The van der Waals surface area contributed by atoms with Crippen molar-refractivity contribution in [2.75, 3.05) is 18.1 Å². The molecule has 2 heterocycles. The van der Waals surface area contributed by atoms with Crippen LogP contribution in [0, 0.1) is 11.8 Å². The number of likely N-dealkylation sites (tertiary alicyclic amines) is 1. The number of hydrogen-bond donors (Lipinski definition) is 1. The van der Waals surface area contributed by atoms with Gasteiger partial charge in [-0.3, -0.25) is 9.59 Å². The van der Waals surface area contributed by atoms with Crippen LogP contribution < -0.4 is 5.32 Å². The van der Waals surface area contributed by atoms with Crippen molar-refractivity contribution < 1.29 is 18.0 Å². The molecule has 6 nitrogen and oxygen atoms in total. The topological polar surface area (TPSA) is 83.6 Å². The van der Waals surface area contributed by atoms with Crippen LogP contribution in [0.15, 0.2) is 0 Å². The van der Waals surface area contributed by atoms with Gasteiger partial charge in [0.25, 0.3) is 0 Å². The van der Waals surface area contributed by atoms with Crippen LogP contribution in [0.25, 0.3) is 0 Å². The molecule has 2 aliphatic heterocycles. The first-order chi connectivity index (χ1) is 10.9. The van der Waals surface area contributed by atoms with Gasteiger partial charge in [0.05, 0.1) is 17.4 Å². The molecule has 0 aromatic rings. The van der Waals surface area contributed by atoms with Crippen LogP contribution in [0.1, 0.15) is 45.4 Å². The zero-order valence-corrected chi connectivity index (χ0v) is 14.5. The summed E-state index contributed by atoms with van der Waals surface area (Å²) < 4.78 is 23.2. The summed E-state index contributed by atoms with van der Waals surface area (Å²) in [7, 11) is -3.02. The van der Waals surface area contributed by atoms with E-state index in [-0.39, 0.29) is 47.7 Å². The first-order valence-electron chi connectivity index (χ1n) is 8.66. The van der Waals surface area contributed by atoms with Crippen molar-refractivity contribution in [2.45, 2.75) is 57.5 Å². The summed E-state index contributed by atoms with van der Waals surface area (Å²) in [6, 6.07) is -0.0221. The first kappa shape index (κ1) is 16.7. The Hall–Kier alpha value is -1.11. The van der Waals surface area contributed by atoms with E-state index < -0.39 is 9.84 Å². The molecule has 7 heteroatoms. The molecule has 3 fully saturated rings. The third kappa shape index (κ3) is 3.70. The summed E-state index contributed by atoms with van der Waals surface area (Å²) in [5, 5.41) is 3.12. The minimum Gasteiger partial charge on any atom is -0.353 e. The van der Waals surface area contributed by atoms with Crippen molar-refractivity contribution >= 4 is 21.7 Å². The normalized spacial score (nSPS) is 37.1. The molecular weight excluding hydrogens is 316 g/mol. The van der Waals surface area contributed by atoms with Crippen molar-refractivity contribution in [2.24, 2.45) is 11.8 Å². The predicted molar refractivity (Wildman–Crippen MR) is 86.4 cm³/mol. The van der Waals surface area contributed by atoms with Gasteiger partial charge in [-0.1, -0.05) is 19.8 Å². The smallest absolute Gasteiger partial charge is 0.225 e. The van der Waals surface area contributed by atoms with Crippen LogP contribution in [0.5, 0.6) is 0 Å². The van der Waals surface area contributed by atoms with Gasteiger partial charge in [0.2, 0.25) is 11.8 Å². The third-order valence-corrected chi connectivity index (χ3v) is 7.37. The van der Waals surface area contributed by atoms with E-state index in [2.05, 4.69) is 12.2 Å². The van der Waals surface area contributed by atoms with Gasteiger partial charge in [-0.05, 0) is 25.2 Å². The largest absolute Gasteiger partial charge is 0.353 e. The second-order valence-electron chi connectivity index (χ2n) is 7.38. The lowest BCUT2D eigenvalue weighted by Crippen LogP contribution is -2.45. The molecule has 1 saturated carbocycles. The van der Waals surface area contributed by atoms with E-state index in [0.717, 1.165) is 19.3 Å². The molecular formula is C16H26N2O4S. The van der Waals surface area contributed by atoms with Crippen molar-refractivity contribution in [1.82, 2.24) is 10.2 Å². The number of carbonyl (C=O) groups is 2. The Kier molecular flexibility index (Phi) is 4.67. The minimum atomic E-state index is -3.02. The summed E-state index contributed by atoms with van der Waals surface area (Å²) in [5.74, 6) is 0.232. The Labute approximate surface area is 137 Å². The molecule has 2 saturated heterocycles. The maximum absolute atomic E-state index is 12.5. The molecule has 0 aromatic heterocycles. The Morgan fingerprint density at radius 2 is 1.96 bits per heavy atom. The van der Waals surface area contributed by atoms with E-state index in [1.54, 1.807) is 4.90 Å². The summed E-state index contributed by atoms with van der Waals surface area (Å²) in [6.45, 7) is 2.53. The van der Waals surface area contributed by atoms with Crippen molar-refractivity contribution in [3.8, 4) is 0 Å². The molecule has 1 aliphatic carbocycles. The zero-order valence-electron chi connectivity index (χ0n) is 13.7. The molecule has 4 atom stereocenters. The number of nitrogens with zero attached hydrogens (tertiary/aromatic N) is 1. The van der Waals surface area contributed by atoms with Gasteiger partial charge in [0.1, 0.15) is 0 Å². The third-order valence-electron chi connectivity index (χ3n) is 5.62.